The lowest BCUT2D eigenvalue weighted by Crippen LogP contribution is -2.57. The highest BCUT2D eigenvalue weighted by Crippen LogP contribution is 2.21. The monoisotopic (exact) mass is 289 g/mol. The van der Waals surface area contributed by atoms with E-state index in [9.17, 15) is 0 Å². The van der Waals surface area contributed by atoms with Crippen LogP contribution in [0.25, 0.3) is 0 Å². The van der Waals surface area contributed by atoms with Crippen molar-refractivity contribution in [3.8, 4) is 0 Å². The molecule has 3 nitrogen and oxygen atoms in total. The molecule has 0 amide bonds. The fourth-order valence-electron chi connectivity index (χ4n) is 3.00. The van der Waals surface area contributed by atoms with Gasteiger partial charge in [-0.3, -0.25) is 9.80 Å². The molecule has 0 atom stereocenters. The van der Waals surface area contributed by atoms with Gasteiger partial charge in [-0.1, -0.05) is 31.2 Å². The summed E-state index contributed by atoms with van der Waals surface area (Å²) in [5, 5.41) is 3.53. The Kier molecular flexibility index (Phi) is 5.80. The van der Waals surface area contributed by atoms with E-state index < -0.39 is 0 Å². The van der Waals surface area contributed by atoms with Crippen molar-refractivity contribution in [1.29, 1.82) is 0 Å². The molecule has 0 aliphatic carbocycles. The minimum atomic E-state index is 0.271. The topological polar surface area (TPSA) is 18.5 Å². The van der Waals surface area contributed by atoms with Crippen LogP contribution in [-0.4, -0.2) is 48.6 Å². The van der Waals surface area contributed by atoms with Crippen LogP contribution >= 0.6 is 0 Å². The van der Waals surface area contributed by atoms with Gasteiger partial charge in [0.15, 0.2) is 0 Å². The normalized spacial score (nSPS) is 19.8. The highest BCUT2D eigenvalue weighted by Gasteiger charge is 2.30. The maximum Gasteiger partial charge on any atom is 0.0277 e. The summed E-state index contributed by atoms with van der Waals surface area (Å²) in [6.45, 7) is 13.5. The van der Waals surface area contributed by atoms with Gasteiger partial charge in [0.25, 0.3) is 0 Å². The zero-order valence-electron chi connectivity index (χ0n) is 14.2. The van der Waals surface area contributed by atoms with Gasteiger partial charge in [0.05, 0.1) is 0 Å². The van der Waals surface area contributed by atoms with E-state index in [1.54, 1.807) is 0 Å². The lowest BCUT2D eigenvalue weighted by molar-refractivity contribution is 0.0359. The second-order valence-corrected chi connectivity index (χ2v) is 6.89. The van der Waals surface area contributed by atoms with Gasteiger partial charge in [-0.05, 0) is 45.0 Å². The molecular formula is C18H31N3. The number of nitrogens with zero attached hydrogens (tertiary/aromatic N) is 2. The molecule has 21 heavy (non-hydrogen) atoms. The number of benzene rings is 1. The summed E-state index contributed by atoms with van der Waals surface area (Å²) >= 11 is 0. The highest BCUT2D eigenvalue weighted by atomic mass is 15.3. The molecule has 0 aromatic heterocycles. The van der Waals surface area contributed by atoms with Crippen LogP contribution in [0, 0.1) is 0 Å². The Balaban J connectivity index is 1.99. The number of hydrogen-bond acceptors (Lipinski definition) is 3. The summed E-state index contributed by atoms with van der Waals surface area (Å²) < 4.78 is 0. The van der Waals surface area contributed by atoms with Gasteiger partial charge < -0.3 is 5.32 Å². The molecule has 0 saturated carbocycles. The van der Waals surface area contributed by atoms with E-state index in [0.717, 1.165) is 39.3 Å². The molecule has 1 saturated heterocycles. The molecule has 1 aromatic carbocycles. The maximum absolute atomic E-state index is 3.53. The molecule has 1 fully saturated rings. The zero-order chi connectivity index (χ0) is 15.3. The second kappa shape index (κ2) is 7.39. The molecule has 0 spiro atoms. The summed E-state index contributed by atoms with van der Waals surface area (Å²) in [5.41, 5.74) is 3.19. The van der Waals surface area contributed by atoms with E-state index in [1.165, 1.54) is 17.5 Å². The molecule has 1 heterocycles. The molecule has 1 N–H and O–H groups in total. The number of nitrogens with one attached hydrogen (secondary N) is 1. The Morgan fingerprint density at radius 3 is 2.52 bits per heavy atom. The number of likely N-dealkylation sites (N-methyl/N-ethyl adjacent to an activating group) is 1. The molecule has 0 unspecified atom stereocenters. The Morgan fingerprint density at radius 2 is 1.86 bits per heavy atom. The SMILES string of the molecule is CCCNCc1ccccc1CN1CCN(C)C(C)(C)C1. The standard InChI is InChI=1S/C18H31N3/c1-5-10-19-13-16-8-6-7-9-17(16)14-21-12-11-20(4)18(2,3)15-21/h6-9,19H,5,10-15H2,1-4H3. The third-order valence-corrected chi connectivity index (χ3v) is 4.65. The van der Waals surface area contributed by atoms with E-state index in [4.69, 9.17) is 0 Å². The summed E-state index contributed by atoms with van der Waals surface area (Å²) in [6, 6.07) is 8.87. The van der Waals surface area contributed by atoms with Crippen molar-refractivity contribution < 1.29 is 0 Å². The molecule has 0 radical (unpaired) electrons. The maximum atomic E-state index is 3.53. The van der Waals surface area contributed by atoms with Crippen LogP contribution in [0.5, 0.6) is 0 Å². The first-order chi connectivity index (χ1) is 10.0. The Bertz CT molecular complexity index is 442. The minimum absolute atomic E-state index is 0.271. The third-order valence-electron chi connectivity index (χ3n) is 4.65. The predicted molar refractivity (Wildman–Crippen MR) is 90.4 cm³/mol. The highest BCUT2D eigenvalue weighted by molar-refractivity contribution is 5.27. The van der Waals surface area contributed by atoms with E-state index >= 15 is 0 Å². The van der Waals surface area contributed by atoms with Crippen molar-refractivity contribution >= 4 is 0 Å². The van der Waals surface area contributed by atoms with Crippen LogP contribution in [0.15, 0.2) is 24.3 Å². The predicted octanol–water partition coefficient (Wildman–Crippen LogP) is 2.71. The third kappa shape index (κ3) is 4.53. The Morgan fingerprint density at radius 1 is 1.14 bits per heavy atom. The fourth-order valence-corrected chi connectivity index (χ4v) is 3.00. The van der Waals surface area contributed by atoms with Gasteiger partial charge in [-0.2, -0.15) is 0 Å². The van der Waals surface area contributed by atoms with Gasteiger partial charge in [0, 0.05) is 38.3 Å². The molecular weight excluding hydrogens is 258 g/mol. The van der Waals surface area contributed by atoms with Crippen molar-refractivity contribution in [1.82, 2.24) is 15.1 Å². The molecule has 2 rings (SSSR count). The van der Waals surface area contributed by atoms with Crippen LogP contribution in [-0.2, 0) is 13.1 Å². The van der Waals surface area contributed by atoms with Crippen molar-refractivity contribution in [3.05, 3.63) is 35.4 Å². The Hall–Kier alpha value is -0.900. The van der Waals surface area contributed by atoms with E-state index in [0.29, 0.717) is 0 Å². The molecule has 1 aliphatic rings. The number of hydrogen-bond donors (Lipinski definition) is 1. The quantitative estimate of drug-likeness (QED) is 0.812. The smallest absolute Gasteiger partial charge is 0.0277 e. The molecule has 118 valence electrons. The van der Waals surface area contributed by atoms with E-state index in [-0.39, 0.29) is 5.54 Å². The van der Waals surface area contributed by atoms with Crippen molar-refractivity contribution in [3.63, 3.8) is 0 Å². The van der Waals surface area contributed by atoms with Gasteiger partial charge in [0.2, 0.25) is 0 Å². The summed E-state index contributed by atoms with van der Waals surface area (Å²) in [4.78, 5) is 5.07. The van der Waals surface area contributed by atoms with Crippen molar-refractivity contribution in [2.75, 3.05) is 33.2 Å². The zero-order valence-corrected chi connectivity index (χ0v) is 14.2. The molecule has 1 aliphatic heterocycles. The molecule has 1 aromatic rings. The summed E-state index contributed by atoms with van der Waals surface area (Å²) in [5.74, 6) is 0. The van der Waals surface area contributed by atoms with Gasteiger partial charge in [-0.15, -0.1) is 0 Å². The van der Waals surface area contributed by atoms with Crippen LogP contribution < -0.4 is 5.32 Å². The number of piperazine rings is 1. The first-order valence-electron chi connectivity index (χ1n) is 8.24. The average molecular weight is 289 g/mol. The van der Waals surface area contributed by atoms with Crippen LogP contribution in [0.1, 0.15) is 38.3 Å². The van der Waals surface area contributed by atoms with Gasteiger partial charge >= 0.3 is 0 Å². The lowest BCUT2D eigenvalue weighted by Gasteiger charge is -2.45. The van der Waals surface area contributed by atoms with Crippen molar-refractivity contribution in [2.24, 2.45) is 0 Å². The lowest BCUT2D eigenvalue weighted by atomic mass is 9.98. The fraction of sp³-hybridized carbons (Fsp3) is 0.667. The molecule has 0 bridgehead atoms. The summed E-state index contributed by atoms with van der Waals surface area (Å²) in [6.07, 6.45) is 1.19. The van der Waals surface area contributed by atoms with Gasteiger partial charge in [-0.25, -0.2) is 0 Å². The number of rotatable bonds is 6. The average Bonchev–Trinajstić information content (AvgIpc) is 2.45. The first-order valence-corrected chi connectivity index (χ1v) is 8.24. The minimum Gasteiger partial charge on any atom is -0.313 e. The van der Waals surface area contributed by atoms with Crippen LogP contribution in [0.3, 0.4) is 0 Å². The van der Waals surface area contributed by atoms with Crippen molar-refractivity contribution in [2.45, 2.75) is 45.8 Å². The van der Waals surface area contributed by atoms with Crippen LogP contribution in [0.2, 0.25) is 0 Å². The summed E-state index contributed by atoms with van der Waals surface area (Å²) in [7, 11) is 2.24. The van der Waals surface area contributed by atoms with Gasteiger partial charge in [0.1, 0.15) is 0 Å². The molecule has 3 heteroatoms. The Labute approximate surface area is 130 Å². The van der Waals surface area contributed by atoms with Crippen LogP contribution in [0.4, 0.5) is 0 Å². The largest absolute Gasteiger partial charge is 0.313 e. The van der Waals surface area contributed by atoms with E-state index in [2.05, 4.69) is 67.2 Å². The first kappa shape index (κ1) is 16.5. The second-order valence-electron chi connectivity index (χ2n) is 6.89. The van der Waals surface area contributed by atoms with E-state index in [1.807, 2.05) is 0 Å².